The van der Waals surface area contributed by atoms with E-state index in [0.29, 0.717) is 36.9 Å². The summed E-state index contributed by atoms with van der Waals surface area (Å²) >= 11 is 0. The first-order valence-corrected chi connectivity index (χ1v) is 6.31. The van der Waals surface area contributed by atoms with Gasteiger partial charge in [0.2, 0.25) is 5.91 Å². The predicted molar refractivity (Wildman–Crippen MR) is 67.7 cm³/mol. The number of hydrogen-bond acceptors (Lipinski definition) is 2. The van der Waals surface area contributed by atoms with Crippen molar-refractivity contribution in [3.63, 3.8) is 0 Å². The number of carbonyl (C=O) groups excluding carboxylic acids is 1. The Hall–Kier alpha value is -1.42. The third-order valence-electron chi connectivity index (χ3n) is 3.49. The highest BCUT2D eigenvalue weighted by molar-refractivity contribution is 5.92. The van der Waals surface area contributed by atoms with E-state index in [1.807, 2.05) is 0 Å². The van der Waals surface area contributed by atoms with Gasteiger partial charge in [0.05, 0.1) is 6.10 Å². The van der Waals surface area contributed by atoms with E-state index in [1.54, 1.807) is 19.1 Å². The minimum atomic E-state index is -0.270. The van der Waals surface area contributed by atoms with E-state index in [1.165, 1.54) is 6.07 Å². The Bertz CT molecular complexity index is 439. The third-order valence-corrected chi connectivity index (χ3v) is 3.49. The average molecular weight is 251 g/mol. The van der Waals surface area contributed by atoms with Gasteiger partial charge in [0.1, 0.15) is 5.82 Å². The van der Waals surface area contributed by atoms with Crippen LogP contribution in [-0.2, 0) is 4.79 Å². The largest absolute Gasteiger partial charge is 0.393 e. The molecule has 1 fully saturated rings. The van der Waals surface area contributed by atoms with E-state index >= 15 is 0 Å². The minimum absolute atomic E-state index is 0.0343. The molecule has 98 valence electrons. The molecule has 0 unspecified atom stereocenters. The number of halogens is 1. The van der Waals surface area contributed by atoms with Crippen molar-refractivity contribution >= 4 is 11.6 Å². The van der Waals surface area contributed by atoms with E-state index < -0.39 is 0 Å². The molecule has 0 saturated heterocycles. The molecule has 4 heteroatoms. The summed E-state index contributed by atoms with van der Waals surface area (Å²) in [7, 11) is 0. The van der Waals surface area contributed by atoms with Gasteiger partial charge in [0.15, 0.2) is 0 Å². The van der Waals surface area contributed by atoms with Gasteiger partial charge >= 0.3 is 0 Å². The van der Waals surface area contributed by atoms with Crippen LogP contribution in [0.25, 0.3) is 0 Å². The molecule has 1 amide bonds. The van der Waals surface area contributed by atoms with E-state index in [9.17, 15) is 14.3 Å². The molecular weight excluding hydrogens is 233 g/mol. The maximum Gasteiger partial charge on any atom is 0.227 e. The molecule has 18 heavy (non-hydrogen) atoms. The number of nitrogens with one attached hydrogen (secondary N) is 1. The first-order valence-electron chi connectivity index (χ1n) is 6.31. The summed E-state index contributed by atoms with van der Waals surface area (Å²) in [6.07, 6.45) is 2.53. The lowest BCUT2D eigenvalue weighted by molar-refractivity contribution is -0.121. The maximum absolute atomic E-state index is 13.1. The second kappa shape index (κ2) is 5.48. The van der Waals surface area contributed by atoms with Crippen molar-refractivity contribution in [1.82, 2.24) is 0 Å². The van der Waals surface area contributed by atoms with Crippen LogP contribution in [0.2, 0.25) is 0 Å². The van der Waals surface area contributed by atoms with Crippen LogP contribution in [0.1, 0.15) is 31.2 Å². The summed E-state index contributed by atoms with van der Waals surface area (Å²) in [5.41, 5.74) is 1.15. The molecule has 1 saturated carbocycles. The molecule has 0 atom stereocenters. The smallest absolute Gasteiger partial charge is 0.227 e. The lowest BCUT2D eigenvalue weighted by atomic mass is 9.87. The highest BCUT2D eigenvalue weighted by atomic mass is 19.1. The number of aliphatic hydroxyl groups excluding tert-OH is 1. The number of amides is 1. The quantitative estimate of drug-likeness (QED) is 0.849. The van der Waals surface area contributed by atoms with Crippen LogP contribution in [0.5, 0.6) is 0 Å². The lowest BCUT2D eigenvalue weighted by Crippen LogP contribution is -2.28. The van der Waals surface area contributed by atoms with Gasteiger partial charge in [-0.1, -0.05) is 0 Å². The summed E-state index contributed by atoms with van der Waals surface area (Å²) in [4.78, 5) is 12.0. The van der Waals surface area contributed by atoms with Crippen molar-refractivity contribution in [1.29, 1.82) is 0 Å². The Morgan fingerprint density at radius 2 is 2.00 bits per heavy atom. The molecule has 1 aliphatic rings. The zero-order valence-corrected chi connectivity index (χ0v) is 10.4. The van der Waals surface area contributed by atoms with Crippen molar-refractivity contribution in [2.45, 2.75) is 38.7 Å². The van der Waals surface area contributed by atoms with E-state index in [0.717, 1.165) is 0 Å². The zero-order valence-electron chi connectivity index (χ0n) is 10.4. The fourth-order valence-corrected chi connectivity index (χ4v) is 2.30. The van der Waals surface area contributed by atoms with Crippen molar-refractivity contribution < 1.29 is 14.3 Å². The summed E-state index contributed by atoms with van der Waals surface area (Å²) in [5, 5.41) is 12.2. The number of aryl methyl sites for hydroxylation is 1. The normalized spacial score (nSPS) is 23.7. The lowest BCUT2D eigenvalue weighted by Gasteiger charge is -2.24. The second-order valence-electron chi connectivity index (χ2n) is 4.96. The third kappa shape index (κ3) is 3.07. The number of aliphatic hydroxyl groups is 1. The Kier molecular flexibility index (Phi) is 3.97. The van der Waals surface area contributed by atoms with Gasteiger partial charge < -0.3 is 10.4 Å². The van der Waals surface area contributed by atoms with E-state index in [2.05, 4.69) is 5.32 Å². The molecule has 0 aromatic heterocycles. The SMILES string of the molecule is Cc1cc(NC(=O)C2CCC(O)CC2)ccc1F. The fraction of sp³-hybridized carbons (Fsp3) is 0.500. The van der Waals surface area contributed by atoms with Crippen LogP contribution < -0.4 is 5.32 Å². The Balaban J connectivity index is 1.96. The van der Waals surface area contributed by atoms with E-state index in [4.69, 9.17) is 0 Å². The highest BCUT2D eigenvalue weighted by Crippen LogP contribution is 2.25. The minimum Gasteiger partial charge on any atom is -0.393 e. The van der Waals surface area contributed by atoms with Crippen LogP contribution in [0.15, 0.2) is 18.2 Å². The van der Waals surface area contributed by atoms with Crippen molar-refractivity contribution in [2.24, 2.45) is 5.92 Å². The first kappa shape index (κ1) is 13.0. The Morgan fingerprint density at radius 3 is 2.61 bits per heavy atom. The van der Waals surface area contributed by atoms with Gasteiger partial charge in [0.25, 0.3) is 0 Å². The van der Waals surface area contributed by atoms with Gasteiger partial charge in [-0.2, -0.15) is 0 Å². The molecule has 0 spiro atoms. The van der Waals surface area contributed by atoms with Crippen LogP contribution in [-0.4, -0.2) is 17.1 Å². The van der Waals surface area contributed by atoms with Crippen LogP contribution >= 0.6 is 0 Å². The molecule has 1 aliphatic carbocycles. The van der Waals surface area contributed by atoms with Crippen molar-refractivity contribution in [2.75, 3.05) is 5.32 Å². The van der Waals surface area contributed by atoms with Gasteiger partial charge in [0, 0.05) is 11.6 Å². The van der Waals surface area contributed by atoms with Gasteiger partial charge in [-0.05, 0) is 56.4 Å². The second-order valence-corrected chi connectivity index (χ2v) is 4.96. The number of rotatable bonds is 2. The monoisotopic (exact) mass is 251 g/mol. The molecule has 0 radical (unpaired) electrons. The summed E-state index contributed by atoms with van der Waals surface area (Å²) < 4.78 is 13.1. The van der Waals surface area contributed by atoms with Crippen LogP contribution in [0, 0.1) is 18.7 Å². The molecule has 2 N–H and O–H groups in total. The maximum atomic E-state index is 13.1. The predicted octanol–water partition coefficient (Wildman–Crippen LogP) is 2.62. The number of carbonyl (C=O) groups is 1. The van der Waals surface area contributed by atoms with Crippen LogP contribution in [0.3, 0.4) is 0 Å². The highest BCUT2D eigenvalue weighted by Gasteiger charge is 2.25. The molecule has 3 nitrogen and oxygen atoms in total. The van der Waals surface area contributed by atoms with E-state index in [-0.39, 0.29) is 23.7 Å². The molecule has 0 heterocycles. The summed E-state index contributed by atoms with van der Waals surface area (Å²) in [6, 6.07) is 4.55. The number of hydrogen-bond donors (Lipinski definition) is 2. The molecule has 2 rings (SSSR count). The fourth-order valence-electron chi connectivity index (χ4n) is 2.30. The van der Waals surface area contributed by atoms with Gasteiger partial charge in [-0.15, -0.1) is 0 Å². The average Bonchev–Trinajstić information content (AvgIpc) is 2.34. The molecule has 1 aromatic rings. The Labute approximate surface area is 106 Å². The summed E-state index contributed by atoms with van der Waals surface area (Å²) in [5.74, 6) is -0.347. The van der Waals surface area contributed by atoms with Crippen molar-refractivity contribution in [3.05, 3.63) is 29.6 Å². The number of benzene rings is 1. The number of anilines is 1. The van der Waals surface area contributed by atoms with Crippen molar-refractivity contribution in [3.8, 4) is 0 Å². The molecule has 1 aromatic carbocycles. The Morgan fingerprint density at radius 1 is 1.33 bits per heavy atom. The molecule has 0 bridgehead atoms. The van der Waals surface area contributed by atoms with Gasteiger partial charge in [-0.3, -0.25) is 4.79 Å². The molecule has 0 aliphatic heterocycles. The van der Waals surface area contributed by atoms with Crippen LogP contribution in [0.4, 0.5) is 10.1 Å². The zero-order chi connectivity index (χ0) is 13.1. The standard InChI is InChI=1S/C14H18FNO2/c1-9-8-11(4-7-13(9)15)16-14(18)10-2-5-12(17)6-3-10/h4,7-8,10,12,17H,2-3,5-6H2,1H3,(H,16,18). The first-order chi connectivity index (χ1) is 8.56. The summed E-state index contributed by atoms with van der Waals surface area (Å²) in [6.45, 7) is 1.67. The van der Waals surface area contributed by atoms with Gasteiger partial charge in [-0.25, -0.2) is 4.39 Å². The topological polar surface area (TPSA) is 49.3 Å². The molecular formula is C14H18FNO2.